The van der Waals surface area contributed by atoms with Crippen LogP contribution in [0.25, 0.3) is 0 Å². The first-order valence-corrected chi connectivity index (χ1v) is 20.8. The number of carboxylic acid groups (broad SMARTS) is 1. The Morgan fingerprint density at radius 2 is 1.30 bits per heavy atom. The molecule has 13 nitrogen and oxygen atoms in total. The molecule has 0 saturated carbocycles. The van der Waals surface area contributed by atoms with Crippen molar-refractivity contribution in [2.45, 2.75) is 202 Å². The van der Waals surface area contributed by atoms with Gasteiger partial charge >= 0.3 is 5.97 Å². The lowest BCUT2D eigenvalue weighted by Gasteiger charge is -2.35. The van der Waals surface area contributed by atoms with Gasteiger partial charge in [0.2, 0.25) is 17.7 Å². The molecule has 56 heavy (non-hydrogen) atoms. The second-order valence-electron chi connectivity index (χ2n) is 20.0. The number of hydrogen-bond acceptors (Lipinski definition) is 9. The summed E-state index contributed by atoms with van der Waals surface area (Å²) in [7, 11) is 0. The van der Waals surface area contributed by atoms with Gasteiger partial charge in [0.25, 0.3) is 0 Å². The summed E-state index contributed by atoms with van der Waals surface area (Å²) >= 11 is 0. The average Bonchev–Trinajstić information content (AvgIpc) is 3.03. The highest BCUT2D eigenvalue weighted by molar-refractivity contribution is 5.88. The van der Waals surface area contributed by atoms with E-state index in [1.807, 2.05) is 62.3 Å². The van der Waals surface area contributed by atoms with E-state index >= 15 is 0 Å². The predicted octanol–water partition coefficient (Wildman–Crippen LogP) is 6.05. The molecule has 0 spiro atoms. The quantitative estimate of drug-likeness (QED) is 0.0485. The number of nitrogens with one attached hydrogen (secondary N) is 4. The number of carboxylic acids is 1. The molecular formula is C43H83N5O8. The van der Waals surface area contributed by atoms with Crippen LogP contribution in [0, 0.1) is 16.7 Å². The first-order chi connectivity index (χ1) is 25.4. The molecule has 0 aromatic heterocycles. The number of aliphatic carboxylic acids is 1. The molecule has 0 aliphatic carbocycles. The van der Waals surface area contributed by atoms with Gasteiger partial charge in [-0.15, -0.1) is 0 Å². The zero-order chi connectivity index (χ0) is 43.8. The zero-order valence-electron chi connectivity index (χ0n) is 38.0. The van der Waals surface area contributed by atoms with Crippen LogP contribution in [0.2, 0.25) is 0 Å². The van der Waals surface area contributed by atoms with E-state index in [9.17, 15) is 24.0 Å². The lowest BCUT2D eigenvalue weighted by molar-refractivity contribution is -0.141. The Balaban J connectivity index is 4.60. The fraction of sp³-hybridized carbons (Fsp3) is 0.884. The molecule has 0 aromatic rings. The second-order valence-corrected chi connectivity index (χ2v) is 20.0. The minimum Gasteiger partial charge on any atom is -0.481 e. The maximum absolute atomic E-state index is 13.2. The summed E-state index contributed by atoms with van der Waals surface area (Å²) in [6.07, 6.45) is 6.31. The lowest BCUT2D eigenvalue weighted by Crippen LogP contribution is -2.54. The molecule has 0 aliphatic heterocycles. The van der Waals surface area contributed by atoms with Crippen LogP contribution in [0.4, 0.5) is 0 Å². The van der Waals surface area contributed by atoms with Gasteiger partial charge in [-0.25, -0.2) is 0 Å². The predicted molar refractivity (Wildman–Crippen MR) is 224 cm³/mol. The van der Waals surface area contributed by atoms with Crippen molar-refractivity contribution in [3.63, 3.8) is 0 Å². The molecule has 0 aromatic carbocycles. The van der Waals surface area contributed by atoms with Gasteiger partial charge in [0.05, 0.1) is 42.4 Å². The van der Waals surface area contributed by atoms with Gasteiger partial charge < -0.3 is 41.6 Å². The number of ketones is 1. The summed E-state index contributed by atoms with van der Waals surface area (Å²) in [6, 6.07) is -1.17. The van der Waals surface area contributed by atoms with Crippen molar-refractivity contribution < 1.29 is 38.6 Å². The van der Waals surface area contributed by atoms with Crippen LogP contribution in [0.1, 0.15) is 168 Å². The van der Waals surface area contributed by atoms with Crippen molar-refractivity contribution in [2.75, 3.05) is 26.3 Å². The smallest absolute Gasteiger partial charge is 0.306 e. The molecule has 0 radical (unpaired) electrons. The summed E-state index contributed by atoms with van der Waals surface area (Å²) in [4.78, 5) is 62.7. The Hall–Kier alpha value is -2.61. The molecule has 0 bridgehead atoms. The van der Waals surface area contributed by atoms with Crippen LogP contribution in [0.5, 0.6) is 0 Å². The molecule has 13 heteroatoms. The van der Waals surface area contributed by atoms with Gasteiger partial charge in [0.15, 0.2) is 5.78 Å². The molecule has 0 aliphatic rings. The summed E-state index contributed by atoms with van der Waals surface area (Å²) in [5, 5.41) is 21.6. The topological polar surface area (TPSA) is 198 Å². The minimum atomic E-state index is -1.01. The molecule has 0 fully saturated rings. The zero-order valence-corrected chi connectivity index (χ0v) is 38.0. The molecule has 3 atom stereocenters. The number of unbranched alkanes of at least 4 members (excludes halogenated alkanes) is 1. The van der Waals surface area contributed by atoms with Crippen LogP contribution in [0.15, 0.2) is 0 Å². The van der Waals surface area contributed by atoms with Crippen LogP contribution in [-0.2, 0) is 33.4 Å². The van der Waals surface area contributed by atoms with E-state index in [2.05, 4.69) is 42.0 Å². The monoisotopic (exact) mass is 798 g/mol. The first-order valence-electron chi connectivity index (χ1n) is 20.8. The van der Waals surface area contributed by atoms with Gasteiger partial charge in [0.1, 0.15) is 0 Å². The maximum atomic E-state index is 13.2. The van der Waals surface area contributed by atoms with E-state index in [4.69, 9.17) is 20.3 Å². The number of carbonyl (C=O) groups is 5. The van der Waals surface area contributed by atoms with Crippen LogP contribution in [-0.4, -0.2) is 95.2 Å². The Morgan fingerprint density at radius 3 is 1.86 bits per heavy atom. The fourth-order valence-electron chi connectivity index (χ4n) is 6.86. The Bertz CT molecular complexity index is 1260. The highest BCUT2D eigenvalue weighted by Gasteiger charge is 2.37. The average molecular weight is 798 g/mol. The third-order valence-electron chi connectivity index (χ3n) is 10.1. The molecule has 0 heterocycles. The number of nitrogens with two attached hydrogens (primary N) is 1. The molecular weight excluding hydrogens is 715 g/mol. The van der Waals surface area contributed by atoms with Crippen molar-refractivity contribution in [1.82, 2.24) is 21.3 Å². The van der Waals surface area contributed by atoms with E-state index < -0.39 is 51.4 Å². The third-order valence-corrected chi connectivity index (χ3v) is 10.1. The SMILES string of the molecule is CCCC(C)(C)N[C@@H](CCCCNC(=O)CCC(C)(C)OCCC(C)(C)OCCNC(=O)C(C)(C)CC(C)(C)NC(=O)C(N)CC(C)C(=O)O)C(=O)C(C)(C)C. The molecule has 0 rings (SSSR count). The van der Waals surface area contributed by atoms with Crippen LogP contribution >= 0.6 is 0 Å². The third kappa shape index (κ3) is 23.0. The van der Waals surface area contributed by atoms with Crippen molar-refractivity contribution in [3.8, 4) is 0 Å². The van der Waals surface area contributed by atoms with Gasteiger partial charge in [-0.3, -0.25) is 24.0 Å². The molecule has 328 valence electrons. The first kappa shape index (κ1) is 53.4. The van der Waals surface area contributed by atoms with Crippen molar-refractivity contribution in [2.24, 2.45) is 22.5 Å². The van der Waals surface area contributed by atoms with Crippen LogP contribution < -0.4 is 27.0 Å². The minimum absolute atomic E-state index is 0.0137. The molecule has 2 unspecified atom stereocenters. The standard InChI is InChI=1S/C43H83N5O8/c1-16-21-40(8,9)47-32(34(50)38(3,4)5)19-17-18-24-45-33(49)20-22-42(12,13)55-26-23-43(14,15)56-27-25-46-37(54)39(6,7)29-41(10,11)48-35(51)31(44)28-30(2)36(52)53/h30-32,47H,16-29,44H2,1-15H3,(H,45,49)(H,46,54)(H,48,51)(H,52,53)/t30?,31?,32-/m0/s1. The number of amides is 3. The van der Waals surface area contributed by atoms with Crippen molar-refractivity contribution in [1.29, 1.82) is 0 Å². The highest BCUT2D eigenvalue weighted by Crippen LogP contribution is 2.29. The van der Waals surface area contributed by atoms with Crippen molar-refractivity contribution >= 4 is 29.5 Å². The number of carbonyl (C=O) groups excluding carboxylic acids is 4. The van der Waals surface area contributed by atoms with E-state index in [1.165, 1.54) is 6.92 Å². The number of ether oxygens (including phenoxy) is 2. The van der Waals surface area contributed by atoms with Gasteiger partial charge in [-0.2, -0.15) is 0 Å². The van der Waals surface area contributed by atoms with Crippen LogP contribution in [0.3, 0.4) is 0 Å². The summed E-state index contributed by atoms with van der Waals surface area (Å²) < 4.78 is 12.2. The number of rotatable bonds is 29. The Labute approximate surface area is 339 Å². The summed E-state index contributed by atoms with van der Waals surface area (Å²) in [6.45, 7) is 30.6. The molecule has 0 saturated heterocycles. The number of hydrogen-bond donors (Lipinski definition) is 6. The van der Waals surface area contributed by atoms with Gasteiger partial charge in [-0.1, -0.05) is 54.9 Å². The Morgan fingerprint density at radius 1 is 0.732 bits per heavy atom. The largest absolute Gasteiger partial charge is 0.481 e. The van der Waals surface area contributed by atoms with E-state index in [0.29, 0.717) is 52.0 Å². The highest BCUT2D eigenvalue weighted by atomic mass is 16.5. The van der Waals surface area contributed by atoms with Gasteiger partial charge in [0, 0.05) is 41.4 Å². The van der Waals surface area contributed by atoms with Gasteiger partial charge in [-0.05, 0) is 107 Å². The normalized spacial score (nSPS) is 14.8. The fourth-order valence-corrected chi connectivity index (χ4v) is 6.86. The maximum Gasteiger partial charge on any atom is 0.306 e. The summed E-state index contributed by atoms with van der Waals surface area (Å²) in [5.41, 5.74) is 2.82. The summed E-state index contributed by atoms with van der Waals surface area (Å²) in [5.74, 6) is -2.18. The molecule has 3 amide bonds. The van der Waals surface area contributed by atoms with Crippen molar-refractivity contribution in [3.05, 3.63) is 0 Å². The molecule has 7 N–H and O–H groups in total. The van der Waals surface area contributed by atoms with E-state index in [1.54, 1.807) is 13.8 Å². The lowest BCUT2D eigenvalue weighted by atomic mass is 9.79. The number of Topliss-reactive ketones (excluding diaryl/α,β-unsaturated/α-hetero) is 1. The second kappa shape index (κ2) is 23.1. The van der Waals surface area contributed by atoms with E-state index in [-0.39, 0.29) is 35.6 Å². The van der Waals surface area contributed by atoms with E-state index in [0.717, 1.165) is 32.1 Å². The Kier molecular flexibility index (Phi) is 22.0.